The molecule has 2 unspecified atom stereocenters. The van der Waals surface area contributed by atoms with E-state index in [1.807, 2.05) is 0 Å². The van der Waals surface area contributed by atoms with Gasteiger partial charge in [0, 0.05) is 18.0 Å². The van der Waals surface area contributed by atoms with Crippen LogP contribution >= 0.6 is 11.3 Å². The van der Waals surface area contributed by atoms with Gasteiger partial charge in [-0.25, -0.2) is 4.99 Å². The highest BCUT2D eigenvalue weighted by molar-refractivity contribution is 7.13. The van der Waals surface area contributed by atoms with E-state index >= 15 is 0 Å². The Hall–Kier alpha value is -0.870. The van der Waals surface area contributed by atoms with Crippen molar-refractivity contribution in [1.29, 1.82) is 0 Å². The molecule has 0 aliphatic carbocycles. The van der Waals surface area contributed by atoms with Crippen molar-refractivity contribution in [3.05, 3.63) is 21.9 Å². The zero-order valence-corrected chi connectivity index (χ0v) is 8.80. The van der Waals surface area contributed by atoms with E-state index in [1.165, 1.54) is 4.88 Å². The minimum absolute atomic E-state index is 0.271. The average Bonchev–Trinajstić information content (AvgIpc) is 2.75. The number of fused-ring (bicyclic) bond motifs is 1. The van der Waals surface area contributed by atoms with Gasteiger partial charge in [-0.2, -0.15) is 0 Å². The van der Waals surface area contributed by atoms with E-state index in [2.05, 4.69) is 29.4 Å². The van der Waals surface area contributed by atoms with Gasteiger partial charge in [0.2, 0.25) is 5.90 Å². The van der Waals surface area contributed by atoms with Crippen molar-refractivity contribution in [2.75, 3.05) is 13.1 Å². The first kappa shape index (κ1) is 8.44. The maximum atomic E-state index is 5.78. The molecule has 2 aliphatic heterocycles. The molecule has 1 aromatic heterocycles. The number of ether oxygens (including phenoxy) is 1. The molecule has 0 amide bonds. The normalized spacial score (nSPS) is 29.9. The fourth-order valence-electron chi connectivity index (χ4n) is 1.89. The lowest BCUT2D eigenvalue weighted by Crippen LogP contribution is -2.20. The predicted octanol–water partition coefficient (Wildman–Crippen LogP) is 1.17. The minimum atomic E-state index is 0.271. The second-order valence-electron chi connectivity index (χ2n) is 3.73. The van der Waals surface area contributed by atoms with Gasteiger partial charge in [-0.1, -0.05) is 0 Å². The van der Waals surface area contributed by atoms with Gasteiger partial charge < -0.3 is 10.1 Å². The highest BCUT2D eigenvalue weighted by Crippen LogP contribution is 2.24. The maximum Gasteiger partial charge on any atom is 0.227 e. The number of nitrogens with zero attached hydrogens (tertiary/aromatic N) is 1. The molecule has 3 nitrogen and oxygen atoms in total. The van der Waals surface area contributed by atoms with Crippen LogP contribution in [0.3, 0.4) is 0 Å². The molecule has 3 rings (SSSR count). The Balaban J connectivity index is 1.87. The third-order valence-corrected chi connectivity index (χ3v) is 3.61. The van der Waals surface area contributed by atoms with E-state index in [-0.39, 0.29) is 6.10 Å². The Morgan fingerprint density at radius 2 is 2.43 bits per heavy atom. The summed E-state index contributed by atoms with van der Waals surface area (Å²) in [5.74, 6) is 0.847. The monoisotopic (exact) mass is 208 g/mol. The average molecular weight is 208 g/mol. The second-order valence-corrected chi connectivity index (χ2v) is 5.01. The van der Waals surface area contributed by atoms with Crippen LogP contribution in [0, 0.1) is 6.92 Å². The molecular formula is C10H12N2OS. The van der Waals surface area contributed by atoms with Crippen LogP contribution in [0.15, 0.2) is 17.1 Å². The van der Waals surface area contributed by atoms with Gasteiger partial charge in [-0.3, -0.25) is 0 Å². The van der Waals surface area contributed by atoms with Crippen molar-refractivity contribution >= 4 is 17.2 Å². The summed E-state index contributed by atoms with van der Waals surface area (Å²) in [6.07, 6.45) is 0.271. The summed E-state index contributed by atoms with van der Waals surface area (Å²) in [5, 5.41) is 3.27. The zero-order valence-electron chi connectivity index (χ0n) is 7.99. The molecule has 4 heteroatoms. The van der Waals surface area contributed by atoms with Gasteiger partial charge >= 0.3 is 0 Å². The lowest BCUT2D eigenvalue weighted by molar-refractivity contribution is 0.225. The van der Waals surface area contributed by atoms with Crippen LogP contribution in [-0.4, -0.2) is 31.1 Å². The number of hydrogen-bond acceptors (Lipinski definition) is 4. The summed E-state index contributed by atoms with van der Waals surface area (Å²) >= 11 is 1.75. The first-order chi connectivity index (χ1) is 6.83. The Morgan fingerprint density at radius 1 is 1.50 bits per heavy atom. The minimum Gasteiger partial charge on any atom is -0.470 e. The molecule has 1 fully saturated rings. The third kappa shape index (κ3) is 1.26. The third-order valence-electron chi connectivity index (χ3n) is 2.63. The van der Waals surface area contributed by atoms with Gasteiger partial charge in [0.25, 0.3) is 0 Å². The number of aliphatic imine (C=N–C) groups is 1. The summed E-state index contributed by atoms with van der Waals surface area (Å²) < 4.78 is 5.78. The molecule has 0 radical (unpaired) electrons. The van der Waals surface area contributed by atoms with E-state index in [4.69, 9.17) is 4.74 Å². The smallest absolute Gasteiger partial charge is 0.227 e. The molecule has 0 aromatic carbocycles. The van der Waals surface area contributed by atoms with Crippen molar-refractivity contribution in [1.82, 2.24) is 5.32 Å². The SMILES string of the molecule is Cc1ccc(C2=NC3CNCC3O2)s1. The van der Waals surface area contributed by atoms with Crippen molar-refractivity contribution in [3.63, 3.8) is 0 Å². The van der Waals surface area contributed by atoms with E-state index in [0.717, 1.165) is 23.9 Å². The van der Waals surface area contributed by atoms with Gasteiger partial charge in [0.05, 0.1) is 4.88 Å². The van der Waals surface area contributed by atoms with Crippen LogP contribution in [-0.2, 0) is 4.74 Å². The van der Waals surface area contributed by atoms with Crippen molar-refractivity contribution in [2.45, 2.75) is 19.1 Å². The van der Waals surface area contributed by atoms with Crippen LogP contribution in [0.1, 0.15) is 9.75 Å². The molecule has 2 atom stereocenters. The molecule has 3 heterocycles. The maximum absolute atomic E-state index is 5.78. The fourth-order valence-corrected chi connectivity index (χ4v) is 2.69. The summed E-state index contributed by atoms with van der Waals surface area (Å²) in [6, 6.07) is 4.54. The molecule has 14 heavy (non-hydrogen) atoms. The van der Waals surface area contributed by atoms with E-state index in [0.29, 0.717) is 6.04 Å². The highest BCUT2D eigenvalue weighted by Gasteiger charge is 2.35. The van der Waals surface area contributed by atoms with Crippen molar-refractivity contribution < 1.29 is 4.74 Å². The number of aryl methyl sites for hydroxylation is 1. The topological polar surface area (TPSA) is 33.6 Å². The molecule has 2 aliphatic rings. The summed E-state index contributed by atoms with van der Waals surface area (Å²) in [6.45, 7) is 3.99. The molecule has 1 saturated heterocycles. The van der Waals surface area contributed by atoms with Crippen LogP contribution in [0.25, 0.3) is 0 Å². The second kappa shape index (κ2) is 3.07. The van der Waals surface area contributed by atoms with Crippen molar-refractivity contribution in [3.8, 4) is 0 Å². The zero-order chi connectivity index (χ0) is 9.54. The number of rotatable bonds is 1. The van der Waals surface area contributed by atoms with E-state index < -0.39 is 0 Å². The number of hydrogen-bond donors (Lipinski definition) is 1. The van der Waals surface area contributed by atoms with Crippen LogP contribution in [0.5, 0.6) is 0 Å². The van der Waals surface area contributed by atoms with Crippen LogP contribution < -0.4 is 5.32 Å². The molecule has 1 N–H and O–H groups in total. The van der Waals surface area contributed by atoms with E-state index in [1.54, 1.807) is 11.3 Å². The molecule has 0 spiro atoms. The van der Waals surface area contributed by atoms with Gasteiger partial charge in [0.15, 0.2) is 0 Å². The van der Waals surface area contributed by atoms with Gasteiger partial charge in [-0.05, 0) is 19.1 Å². The molecule has 1 aromatic rings. The van der Waals surface area contributed by atoms with Crippen LogP contribution in [0.4, 0.5) is 0 Å². The van der Waals surface area contributed by atoms with E-state index in [9.17, 15) is 0 Å². The number of thiophene rings is 1. The predicted molar refractivity (Wildman–Crippen MR) is 57.1 cm³/mol. The summed E-state index contributed by atoms with van der Waals surface area (Å²) in [4.78, 5) is 7.05. The first-order valence-electron chi connectivity index (χ1n) is 4.85. The molecular weight excluding hydrogens is 196 g/mol. The summed E-state index contributed by atoms with van der Waals surface area (Å²) in [5.41, 5.74) is 0. The largest absolute Gasteiger partial charge is 0.470 e. The van der Waals surface area contributed by atoms with Crippen molar-refractivity contribution in [2.24, 2.45) is 4.99 Å². The highest BCUT2D eigenvalue weighted by atomic mass is 32.1. The molecule has 0 bridgehead atoms. The van der Waals surface area contributed by atoms with Crippen LogP contribution in [0.2, 0.25) is 0 Å². The number of nitrogens with one attached hydrogen (secondary N) is 1. The van der Waals surface area contributed by atoms with Gasteiger partial charge in [-0.15, -0.1) is 11.3 Å². The Bertz CT molecular complexity index is 385. The Kier molecular flexibility index (Phi) is 1.85. The lowest BCUT2D eigenvalue weighted by atomic mass is 10.2. The van der Waals surface area contributed by atoms with Gasteiger partial charge in [0.1, 0.15) is 12.1 Å². The standard InChI is InChI=1S/C10H12N2OS/c1-6-2-3-9(14-6)10-12-7-4-11-5-8(7)13-10/h2-3,7-8,11H,4-5H2,1H3. The Labute approximate surface area is 86.8 Å². The summed E-state index contributed by atoms with van der Waals surface area (Å²) in [7, 11) is 0. The lowest BCUT2D eigenvalue weighted by Gasteiger charge is -2.06. The Morgan fingerprint density at radius 3 is 3.14 bits per heavy atom. The first-order valence-corrected chi connectivity index (χ1v) is 5.66. The molecule has 0 saturated carbocycles. The fraction of sp³-hybridized carbons (Fsp3) is 0.500. The molecule has 74 valence electrons. The quantitative estimate of drug-likeness (QED) is 0.751.